The minimum absolute atomic E-state index is 0.0494. The Morgan fingerprint density at radius 1 is 1.12 bits per heavy atom. The maximum Gasteiger partial charge on any atom is 0.344 e. The fraction of sp³-hybridized carbons (Fsp3) is 0.440. The third-order valence-corrected chi connectivity index (χ3v) is 7.02. The van der Waals surface area contributed by atoms with E-state index in [1.807, 2.05) is 24.3 Å². The molecule has 0 bridgehead atoms. The van der Waals surface area contributed by atoms with Crippen molar-refractivity contribution >= 4 is 34.8 Å². The Labute approximate surface area is 192 Å². The molecule has 3 heterocycles. The molecule has 0 radical (unpaired) electrons. The maximum absolute atomic E-state index is 13.1. The predicted octanol–water partition coefficient (Wildman–Crippen LogP) is 4.46. The first-order valence-electron chi connectivity index (χ1n) is 11.2. The number of urea groups is 1. The van der Waals surface area contributed by atoms with Crippen LogP contribution in [0.4, 0.5) is 4.79 Å². The first-order valence-corrected chi connectivity index (χ1v) is 12.1. The summed E-state index contributed by atoms with van der Waals surface area (Å²) in [5, 5.41) is 2.05. The molecule has 0 aliphatic carbocycles. The first-order chi connectivity index (χ1) is 15.4. The number of aliphatic imine (C=N–C) groups is 1. The number of thiophene rings is 1. The Morgan fingerprint density at radius 3 is 2.59 bits per heavy atom. The summed E-state index contributed by atoms with van der Waals surface area (Å²) < 4.78 is 0. The van der Waals surface area contributed by atoms with Crippen molar-refractivity contribution in [1.29, 1.82) is 0 Å². The molecule has 2 fully saturated rings. The van der Waals surface area contributed by atoms with Gasteiger partial charge in [0.15, 0.2) is 5.78 Å². The highest BCUT2D eigenvalue weighted by molar-refractivity contribution is 7.09. The number of carbonyl (C=O) groups is 3. The van der Waals surface area contributed by atoms with Crippen LogP contribution in [0, 0.1) is 5.92 Å². The van der Waals surface area contributed by atoms with Crippen LogP contribution in [0.1, 0.15) is 48.3 Å². The van der Waals surface area contributed by atoms with E-state index in [0.29, 0.717) is 24.4 Å². The number of aryl methyl sites for hydroxylation is 1. The van der Waals surface area contributed by atoms with Gasteiger partial charge in [-0.25, -0.2) is 9.79 Å². The maximum atomic E-state index is 13.1. The molecule has 2 aliphatic heterocycles. The van der Waals surface area contributed by atoms with Gasteiger partial charge in [0.2, 0.25) is 0 Å². The van der Waals surface area contributed by atoms with Gasteiger partial charge in [-0.2, -0.15) is 0 Å². The molecule has 0 unspecified atom stereocenters. The van der Waals surface area contributed by atoms with Crippen molar-refractivity contribution in [3.05, 3.63) is 58.3 Å². The number of likely N-dealkylation sites (tertiary alicyclic amines) is 2. The largest absolute Gasteiger partial charge is 0.344 e. The Morgan fingerprint density at radius 2 is 1.91 bits per heavy atom. The number of benzene rings is 1. The predicted molar refractivity (Wildman–Crippen MR) is 126 cm³/mol. The molecule has 0 saturated carbocycles. The van der Waals surface area contributed by atoms with Gasteiger partial charge in [-0.05, 0) is 55.2 Å². The molecular formula is C25H29N3O3S. The lowest BCUT2D eigenvalue weighted by molar-refractivity contribution is -0.119. The number of hydrogen-bond donors (Lipinski definition) is 0. The summed E-state index contributed by atoms with van der Waals surface area (Å²) in [6.07, 6.45) is 2.95. The smallest absolute Gasteiger partial charge is 0.326 e. The SMILES string of the molecule is CC(C)C/C(CCc1cccs1)=N\C(=O)N1CC[C@@H]2[C@H]1C(=O)CN2C(=O)c1ccccc1. The fourth-order valence-corrected chi connectivity index (χ4v) is 5.36. The Balaban J connectivity index is 1.47. The Kier molecular flexibility index (Phi) is 6.84. The van der Waals surface area contributed by atoms with E-state index in [9.17, 15) is 14.4 Å². The van der Waals surface area contributed by atoms with Crippen LogP contribution in [0.25, 0.3) is 0 Å². The van der Waals surface area contributed by atoms with E-state index in [1.165, 1.54) is 4.88 Å². The third-order valence-electron chi connectivity index (χ3n) is 6.09. The zero-order valence-electron chi connectivity index (χ0n) is 18.6. The van der Waals surface area contributed by atoms with Gasteiger partial charge in [-0.15, -0.1) is 11.3 Å². The zero-order valence-corrected chi connectivity index (χ0v) is 19.4. The first kappa shape index (κ1) is 22.4. The van der Waals surface area contributed by atoms with Crippen LogP contribution in [0.15, 0.2) is 52.8 Å². The van der Waals surface area contributed by atoms with Crippen LogP contribution in [-0.4, -0.2) is 58.4 Å². The molecule has 2 atom stereocenters. The molecular weight excluding hydrogens is 422 g/mol. The summed E-state index contributed by atoms with van der Waals surface area (Å²) in [7, 11) is 0. The Bertz CT molecular complexity index is 1000. The number of amides is 3. The number of fused-ring (bicyclic) bond motifs is 1. The lowest BCUT2D eigenvalue weighted by Crippen LogP contribution is -2.42. The number of carbonyl (C=O) groups excluding carboxylic acids is 3. The average molecular weight is 452 g/mol. The fourth-order valence-electron chi connectivity index (χ4n) is 4.65. The normalized spacial score (nSPS) is 20.8. The van der Waals surface area contributed by atoms with Crippen LogP contribution in [0.3, 0.4) is 0 Å². The van der Waals surface area contributed by atoms with Gasteiger partial charge in [0.1, 0.15) is 6.04 Å². The van der Waals surface area contributed by atoms with E-state index in [1.54, 1.807) is 33.3 Å². The van der Waals surface area contributed by atoms with Crippen molar-refractivity contribution in [1.82, 2.24) is 9.80 Å². The number of hydrogen-bond acceptors (Lipinski definition) is 4. The van der Waals surface area contributed by atoms with Crippen molar-refractivity contribution in [3.63, 3.8) is 0 Å². The summed E-state index contributed by atoms with van der Waals surface area (Å²) in [6.45, 7) is 4.73. The molecule has 32 heavy (non-hydrogen) atoms. The van der Waals surface area contributed by atoms with Crippen LogP contribution in [-0.2, 0) is 11.2 Å². The Hall–Kier alpha value is -2.80. The van der Waals surface area contributed by atoms with Crippen molar-refractivity contribution < 1.29 is 14.4 Å². The summed E-state index contributed by atoms with van der Waals surface area (Å²) in [6, 6.07) is 11.9. The summed E-state index contributed by atoms with van der Waals surface area (Å²) >= 11 is 1.71. The van der Waals surface area contributed by atoms with E-state index in [2.05, 4.69) is 30.3 Å². The monoisotopic (exact) mass is 451 g/mol. The molecule has 0 spiro atoms. The molecule has 1 aromatic carbocycles. The standard InChI is InChI=1S/C25H29N3O3S/c1-17(2)15-19(10-11-20-9-6-14-32-20)26-25(31)27-13-12-21-23(27)22(29)16-28(21)24(30)18-7-4-3-5-8-18/h3-9,14,17,21,23H,10-13,15-16H2,1-2H3/b26-19-/t21-,23+/m1/s1. The number of nitrogens with zero attached hydrogens (tertiary/aromatic N) is 3. The van der Waals surface area contributed by atoms with Gasteiger partial charge >= 0.3 is 6.03 Å². The molecule has 1 aromatic heterocycles. The van der Waals surface area contributed by atoms with Gasteiger partial charge in [-0.1, -0.05) is 38.1 Å². The van der Waals surface area contributed by atoms with E-state index in [0.717, 1.165) is 25.0 Å². The quantitative estimate of drug-likeness (QED) is 0.609. The minimum atomic E-state index is -0.587. The topological polar surface area (TPSA) is 70.1 Å². The molecule has 2 saturated heterocycles. The molecule has 3 amide bonds. The van der Waals surface area contributed by atoms with Gasteiger partial charge in [-0.3, -0.25) is 9.59 Å². The number of Topliss-reactive ketones (excluding diaryl/α,β-unsaturated/α-hetero) is 1. The molecule has 168 valence electrons. The minimum Gasteiger partial charge on any atom is -0.326 e. The molecule has 0 N–H and O–H groups in total. The molecule has 6 nitrogen and oxygen atoms in total. The molecule has 7 heteroatoms. The second-order valence-electron chi connectivity index (χ2n) is 8.90. The van der Waals surface area contributed by atoms with E-state index in [4.69, 9.17) is 0 Å². The van der Waals surface area contributed by atoms with Crippen molar-refractivity contribution in [2.75, 3.05) is 13.1 Å². The second-order valence-corrected chi connectivity index (χ2v) is 9.93. The second kappa shape index (κ2) is 9.77. The molecule has 2 aromatic rings. The third kappa shape index (κ3) is 4.83. The zero-order chi connectivity index (χ0) is 22.7. The number of rotatable bonds is 6. The van der Waals surface area contributed by atoms with Crippen LogP contribution < -0.4 is 0 Å². The number of ketones is 1. The summed E-state index contributed by atoms with van der Waals surface area (Å²) in [5.41, 5.74) is 1.45. The average Bonchev–Trinajstić information content (AvgIpc) is 3.51. The van der Waals surface area contributed by atoms with Crippen LogP contribution >= 0.6 is 11.3 Å². The van der Waals surface area contributed by atoms with Gasteiger partial charge in [0.25, 0.3) is 5.91 Å². The summed E-state index contributed by atoms with van der Waals surface area (Å²) in [5.74, 6) is 0.160. The van der Waals surface area contributed by atoms with E-state index >= 15 is 0 Å². The lowest BCUT2D eigenvalue weighted by atomic mass is 10.0. The van der Waals surface area contributed by atoms with E-state index < -0.39 is 6.04 Å². The van der Waals surface area contributed by atoms with Crippen LogP contribution in [0.2, 0.25) is 0 Å². The van der Waals surface area contributed by atoms with Gasteiger partial charge < -0.3 is 9.80 Å². The lowest BCUT2D eigenvalue weighted by Gasteiger charge is -2.23. The van der Waals surface area contributed by atoms with E-state index in [-0.39, 0.29) is 30.3 Å². The summed E-state index contributed by atoms with van der Waals surface area (Å²) in [4.78, 5) is 47.9. The highest BCUT2D eigenvalue weighted by atomic mass is 32.1. The molecule has 4 rings (SSSR count). The van der Waals surface area contributed by atoms with Crippen molar-refractivity contribution in [2.45, 2.75) is 51.6 Å². The highest BCUT2D eigenvalue weighted by Gasteiger charge is 2.51. The van der Waals surface area contributed by atoms with Crippen LogP contribution in [0.5, 0.6) is 0 Å². The van der Waals surface area contributed by atoms with Gasteiger partial charge in [0, 0.05) is 22.7 Å². The van der Waals surface area contributed by atoms with Gasteiger partial charge in [0.05, 0.1) is 12.6 Å². The highest BCUT2D eigenvalue weighted by Crippen LogP contribution is 2.31. The van der Waals surface area contributed by atoms with Crippen molar-refractivity contribution in [2.24, 2.45) is 10.9 Å². The molecule has 2 aliphatic rings. The van der Waals surface area contributed by atoms with Crippen molar-refractivity contribution in [3.8, 4) is 0 Å².